The van der Waals surface area contributed by atoms with Crippen LogP contribution in [0.3, 0.4) is 0 Å². The number of methoxy groups -OCH3 is 1. The van der Waals surface area contributed by atoms with Gasteiger partial charge in [0.05, 0.1) is 7.11 Å². The van der Waals surface area contributed by atoms with Crippen molar-refractivity contribution in [1.82, 2.24) is 0 Å². The average molecular weight is 461 g/mol. The summed E-state index contributed by atoms with van der Waals surface area (Å²) < 4.78 is 48.9. The summed E-state index contributed by atoms with van der Waals surface area (Å²) in [7, 11) is 1.46. The zero-order chi connectivity index (χ0) is 23.4. The second-order valence-electron chi connectivity index (χ2n) is 10.00. The van der Waals surface area contributed by atoms with Crippen LogP contribution in [0.1, 0.15) is 86.3 Å². The second-order valence-corrected chi connectivity index (χ2v) is 10.00. The highest BCUT2D eigenvalue weighted by atomic mass is 19.2. The lowest BCUT2D eigenvalue weighted by molar-refractivity contribution is 0.181. The van der Waals surface area contributed by atoms with Gasteiger partial charge in [0.1, 0.15) is 0 Å². The minimum Gasteiger partial charge on any atom is -0.494 e. The minimum absolute atomic E-state index is 0.0508. The van der Waals surface area contributed by atoms with Gasteiger partial charge in [-0.25, -0.2) is 13.2 Å². The van der Waals surface area contributed by atoms with Crippen molar-refractivity contribution in [3.8, 4) is 5.75 Å². The van der Waals surface area contributed by atoms with Crippen molar-refractivity contribution in [2.75, 3.05) is 13.7 Å². The van der Waals surface area contributed by atoms with Crippen LogP contribution < -0.4 is 4.74 Å². The molecule has 1 N–H and O–H groups in total. The van der Waals surface area contributed by atoms with Crippen LogP contribution >= 0.6 is 0 Å². The molecule has 2 aromatic carbocycles. The molecule has 2 nitrogen and oxygen atoms in total. The number of aliphatic hydroxyl groups excluding tert-OH is 1. The highest BCUT2D eigenvalue weighted by Crippen LogP contribution is 2.42. The molecule has 0 aromatic heterocycles. The van der Waals surface area contributed by atoms with Gasteiger partial charge in [0.2, 0.25) is 0 Å². The first kappa shape index (κ1) is 24.1. The maximum atomic E-state index is 15.0. The first-order chi connectivity index (χ1) is 16.0. The van der Waals surface area contributed by atoms with E-state index in [1.807, 2.05) is 18.2 Å². The lowest BCUT2D eigenvalue weighted by Gasteiger charge is -2.30. The topological polar surface area (TPSA) is 29.5 Å². The molecule has 2 aliphatic carbocycles. The first-order valence-corrected chi connectivity index (χ1v) is 12.4. The predicted molar refractivity (Wildman–Crippen MR) is 124 cm³/mol. The average Bonchev–Trinajstić information content (AvgIpc) is 2.85. The van der Waals surface area contributed by atoms with Gasteiger partial charge in [-0.1, -0.05) is 18.2 Å². The van der Waals surface area contributed by atoms with E-state index in [1.165, 1.54) is 7.11 Å². The van der Waals surface area contributed by atoms with Crippen LogP contribution in [-0.4, -0.2) is 18.8 Å². The Morgan fingerprint density at radius 2 is 1.33 bits per heavy atom. The van der Waals surface area contributed by atoms with Crippen LogP contribution in [0, 0.1) is 29.3 Å². The quantitative estimate of drug-likeness (QED) is 0.470. The summed E-state index contributed by atoms with van der Waals surface area (Å²) in [4.78, 5) is 0. The molecule has 0 heterocycles. The molecule has 0 spiro atoms. The van der Waals surface area contributed by atoms with Crippen molar-refractivity contribution in [3.63, 3.8) is 0 Å². The Hall–Kier alpha value is -2.01. The number of benzene rings is 2. The van der Waals surface area contributed by atoms with E-state index in [0.29, 0.717) is 23.0 Å². The number of aryl methyl sites for hydroxylation is 1. The smallest absolute Gasteiger partial charge is 0.165 e. The van der Waals surface area contributed by atoms with Crippen molar-refractivity contribution >= 4 is 0 Å². The molecule has 2 aromatic rings. The van der Waals surface area contributed by atoms with Crippen LogP contribution in [0.4, 0.5) is 13.2 Å². The van der Waals surface area contributed by atoms with Gasteiger partial charge in [0, 0.05) is 6.61 Å². The fraction of sp³-hybridized carbons (Fsp3) is 0.571. The summed E-state index contributed by atoms with van der Waals surface area (Å²) >= 11 is 0. The van der Waals surface area contributed by atoms with Crippen molar-refractivity contribution in [3.05, 3.63) is 64.5 Å². The molecule has 4 rings (SSSR count). The van der Waals surface area contributed by atoms with Crippen LogP contribution in [0.2, 0.25) is 0 Å². The van der Waals surface area contributed by atoms with Gasteiger partial charge < -0.3 is 9.84 Å². The van der Waals surface area contributed by atoms with E-state index in [9.17, 15) is 13.9 Å². The standard InChI is InChI=1S/C28H35F3O2/c1-33-26-15-8-19(16-25(26)29)3-2-18-4-9-21(10-5-18)23-13-14-24(28(31)27(23)30)22-11-6-20(17-32)7-12-22/h8,13-16,18,20-22,32H,2-7,9-12,17H2,1H3. The van der Waals surface area contributed by atoms with Gasteiger partial charge in [0.15, 0.2) is 23.2 Å². The molecule has 0 saturated heterocycles. The summed E-state index contributed by atoms with van der Waals surface area (Å²) in [6.45, 7) is 0.183. The number of halogens is 3. The highest BCUT2D eigenvalue weighted by Gasteiger charge is 2.29. The molecule has 180 valence electrons. The molecule has 5 heteroatoms. The molecule has 0 radical (unpaired) electrons. The lowest BCUT2D eigenvalue weighted by atomic mass is 9.75. The zero-order valence-electron chi connectivity index (χ0n) is 19.5. The third-order valence-corrected chi connectivity index (χ3v) is 8.03. The van der Waals surface area contributed by atoms with Crippen molar-refractivity contribution in [1.29, 1.82) is 0 Å². The number of rotatable bonds is 7. The maximum Gasteiger partial charge on any atom is 0.165 e. The lowest BCUT2D eigenvalue weighted by Crippen LogP contribution is -2.18. The Labute approximate surface area is 195 Å². The van der Waals surface area contributed by atoms with E-state index in [2.05, 4.69) is 0 Å². The van der Waals surface area contributed by atoms with Gasteiger partial charge in [-0.05, 0) is 117 Å². The predicted octanol–water partition coefficient (Wildman–Crippen LogP) is 7.29. The van der Waals surface area contributed by atoms with Crippen LogP contribution in [0.25, 0.3) is 0 Å². The molecule has 33 heavy (non-hydrogen) atoms. The third-order valence-electron chi connectivity index (χ3n) is 8.03. The number of hydrogen-bond acceptors (Lipinski definition) is 2. The second kappa shape index (κ2) is 10.9. The largest absolute Gasteiger partial charge is 0.494 e. The Morgan fingerprint density at radius 3 is 1.82 bits per heavy atom. The molecule has 0 atom stereocenters. The van der Waals surface area contributed by atoms with E-state index in [-0.39, 0.29) is 30.0 Å². The molecule has 2 saturated carbocycles. The summed E-state index contributed by atoms with van der Waals surface area (Å²) in [5, 5.41) is 9.31. The third kappa shape index (κ3) is 5.56. The SMILES string of the molecule is COc1ccc(CCC2CCC(c3ccc(C4CCC(CO)CC4)c(F)c3F)CC2)cc1F. The van der Waals surface area contributed by atoms with Gasteiger partial charge in [-0.3, -0.25) is 0 Å². The number of aliphatic hydroxyl groups is 1. The first-order valence-electron chi connectivity index (χ1n) is 12.4. The van der Waals surface area contributed by atoms with Crippen LogP contribution in [-0.2, 0) is 6.42 Å². The molecule has 0 amide bonds. The van der Waals surface area contributed by atoms with Gasteiger partial charge in [-0.2, -0.15) is 0 Å². The molecule has 0 unspecified atom stereocenters. The molecule has 0 bridgehead atoms. The van der Waals surface area contributed by atoms with Crippen LogP contribution in [0.5, 0.6) is 5.75 Å². The van der Waals surface area contributed by atoms with E-state index in [0.717, 1.165) is 69.8 Å². The summed E-state index contributed by atoms with van der Waals surface area (Å²) in [5.74, 6) is -0.452. The Morgan fingerprint density at radius 1 is 0.788 bits per heavy atom. The molecule has 0 aliphatic heterocycles. The minimum atomic E-state index is -0.663. The van der Waals surface area contributed by atoms with Gasteiger partial charge >= 0.3 is 0 Å². The van der Waals surface area contributed by atoms with E-state index < -0.39 is 11.6 Å². The van der Waals surface area contributed by atoms with E-state index in [1.54, 1.807) is 12.1 Å². The zero-order valence-corrected chi connectivity index (χ0v) is 19.5. The van der Waals surface area contributed by atoms with Gasteiger partial charge in [-0.15, -0.1) is 0 Å². The molecular weight excluding hydrogens is 425 g/mol. The van der Waals surface area contributed by atoms with Crippen molar-refractivity contribution < 1.29 is 23.0 Å². The fourth-order valence-electron chi connectivity index (χ4n) is 5.86. The molecule has 2 aliphatic rings. The highest BCUT2D eigenvalue weighted by molar-refractivity contribution is 5.32. The van der Waals surface area contributed by atoms with Crippen molar-refractivity contribution in [2.24, 2.45) is 11.8 Å². The monoisotopic (exact) mass is 460 g/mol. The van der Waals surface area contributed by atoms with E-state index >= 15 is 4.39 Å². The summed E-state index contributed by atoms with van der Waals surface area (Å²) in [6.07, 6.45) is 8.84. The normalized spacial score (nSPS) is 25.7. The summed E-state index contributed by atoms with van der Waals surface area (Å²) in [6, 6.07) is 8.74. The van der Waals surface area contributed by atoms with Gasteiger partial charge in [0.25, 0.3) is 0 Å². The molecule has 2 fully saturated rings. The summed E-state index contributed by atoms with van der Waals surface area (Å²) in [5.41, 5.74) is 2.00. The fourth-order valence-corrected chi connectivity index (χ4v) is 5.86. The number of hydrogen-bond donors (Lipinski definition) is 1. The Bertz CT molecular complexity index is 929. The number of ether oxygens (including phenoxy) is 1. The van der Waals surface area contributed by atoms with Crippen LogP contribution in [0.15, 0.2) is 30.3 Å². The Kier molecular flexibility index (Phi) is 8.00. The molecular formula is C28H35F3O2. The van der Waals surface area contributed by atoms with E-state index in [4.69, 9.17) is 4.74 Å². The Balaban J connectivity index is 1.32. The van der Waals surface area contributed by atoms with Crippen molar-refractivity contribution in [2.45, 2.75) is 76.0 Å². The maximum absolute atomic E-state index is 15.0.